The number of carbonyl (C=O) groups is 1. The number of esters is 1. The van der Waals surface area contributed by atoms with Gasteiger partial charge in [-0.1, -0.05) is 6.92 Å². The van der Waals surface area contributed by atoms with Crippen LogP contribution in [0.15, 0.2) is 0 Å². The summed E-state index contributed by atoms with van der Waals surface area (Å²) in [4.78, 5) is 10.7. The molecule has 0 atom stereocenters. The van der Waals surface area contributed by atoms with Gasteiger partial charge in [-0.15, -0.1) is 0 Å². The van der Waals surface area contributed by atoms with Crippen molar-refractivity contribution in [1.29, 1.82) is 0 Å². The number of hydrogen-bond acceptors (Lipinski definition) is 3. The molecule has 0 heterocycles. The average molecular weight is 160 g/mol. The minimum Gasteiger partial charge on any atom is -0.463 e. The van der Waals surface area contributed by atoms with Gasteiger partial charge in [0.05, 0.1) is 5.60 Å². The molecule has 66 valence electrons. The zero-order valence-corrected chi connectivity index (χ0v) is 7.64. The zero-order chi connectivity index (χ0) is 8.91. The maximum absolute atomic E-state index is 10.7. The lowest BCUT2D eigenvalue weighted by Gasteiger charge is -2.21. The monoisotopic (exact) mass is 160 g/mol. The summed E-state index contributed by atoms with van der Waals surface area (Å²) in [6, 6.07) is 0. The summed E-state index contributed by atoms with van der Waals surface area (Å²) < 4.78 is 9.94. The third-order valence-electron chi connectivity index (χ3n) is 1.42. The Bertz CT molecular complexity index is 129. The Labute approximate surface area is 67.7 Å². The van der Waals surface area contributed by atoms with Crippen molar-refractivity contribution in [2.75, 3.05) is 13.7 Å². The zero-order valence-electron chi connectivity index (χ0n) is 7.64. The van der Waals surface area contributed by atoms with Gasteiger partial charge in [0.25, 0.3) is 0 Å². The molecule has 0 saturated carbocycles. The average Bonchev–Trinajstić information content (AvgIpc) is 2.00. The largest absolute Gasteiger partial charge is 0.463 e. The van der Waals surface area contributed by atoms with E-state index in [0.717, 1.165) is 0 Å². The molecular weight excluding hydrogens is 144 g/mol. The summed E-state index contributed by atoms with van der Waals surface area (Å²) in [5, 5.41) is 0. The number of methoxy groups -OCH3 is 1. The summed E-state index contributed by atoms with van der Waals surface area (Å²) >= 11 is 0. The first-order valence-electron chi connectivity index (χ1n) is 3.72. The van der Waals surface area contributed by atoms with E-state index in [2.05, 4.69) is 0 Å². The molecule has 0 amide bonds. The van der Waals surface area contributed by atoms with Crippen LogP contribution in [-0.4, -0.2) is 25.3 Å². The Hall–Kier alpha value is -0.570. The van der Waals surface area contributed by atoms with E-state index >= 15 is 0 Å². The van der Waals surface area contributed by atoms with Crippen LogP contribution in [0.4, 0.5) is 0 Å². The Morgan fingerprint density at radius 3 is 2.36 bits per heavy atom. The molecule has 0 spiro atoms. The molecule has 3 heteroatoms. The fourth-order valence-corrected chi connectivity index (χ4v) is 0.415. The maximum atomic E-state index is 10.7. The molecule has 0 aromatic heterocycles. The molecule has 0 fully saturated rings. The summed E-state index contributed by atoms with van der Waals surface area (Å²) in [6.45, 7) is 5.82. The van der Waals surface area contributed by atoms with Crippen molar-refractivity contribution in [2.45, 2.75) is 32.8 Å². The molecule has 11 heavy (non-hydrogen) atoms. The minimum absolute atomic E-state index is 0.185. The highest BCUT2D eigenvalue weighted by atomic mass is 16.6. The molecule has 0 bridgehead atoms. The van der Waals surface area contributed by atoms with Crippen LogP contribution in [0.2, 0.25) is 0 Å². The summed E-state index contributed by atoms with van der Waals surface area (Å²) in [7, 11) is 1.60. The van der Waals surface area contributed by atoms with Crippen molar-refractivity contribution in [1.82, 2.24) is 0 Å². The predicted octanol–water partition coefficient (Wildman–Crippen LogP) is 1.36. The van der Waals surface area contributed by atoms with Crippen molar-refractivity contribution in [2.24, 2.45) is 0 Å². The van der Waals surface area contributed by atoms with E-state index in [1.54, 1.807) is 14.0 Å². The van der Waals surface area contributed by atoms with E-state index in [1.165, 1.54) is 0 Å². The van der Waals surface area contributed by atoms with Gasteiger partial charge in [-0.05, 0) is 13.8 Å². The van der Waals surface area contributed by atoms with E-state index in [-0.39, 0.29) is 11.6 Å². The van der Waals surface area contributed by atoms with Crippen LogP contribution < -0.4 is 0 Å². The Morgan fingerprint density at radius 1 is 1.45 bits per heavy atom. The van der Waals surface area contributed by atoms with Gasteiger partial charge in [0.2, 0.25) is 0 Å². The second-order valence-electron chi connectivity index (χ2n) is 2.98. The molecule has 0 aliphatic rings. The highest BCUT2D eigenvalue weighted by Gasteiger charge is 2.18. The van der Waals surface area contributed by atoms with Crippen LogP contribution in [0.5, 0.6) is 0 Å². The molecule has 0 radical (unpaired) electrons. The Morgan fingerprint density at radius 2 is 2.00 bits per heavy atom. The first-order valence-corrected chi connectivity index (χ1v) is 3.72. The van der Waals surface area contributed by atoms with E-state index < -0.39 is 0 Å². The molecular formula is C8H16O3. The number of carbonyl (C=O) groups excluding carboxylic acids is 1. The SMILES string of the molecule is CCC(=O)OCC(C)(C)OC. The first kappa shape index (κ1) is 10.4. The van der Waals surface area contributed by atoms with Gasteiger partial charge >= 0.3 is 5.97 Å². The Balaban J connectivity index is 3.61. The van der Waals surface area contributed by atoms with Crippen molar-refractivity contribution >= 4 is 5.97 Å². The third kappa shape index (κ3) is 4.79. The topological polar surface area (TPSA) is 35.5 Å². The molecule has 0 rings (SSSR count). The summed E-state index contributed by atoms with van der Waals surface area (Å²) in [5.74, 6) is -0.185. The highest BCUT2D eigenvalue weighted by molar-refractivity contribution is 5.68. The second-order valence-corrected chi connectivity index (χ2v) is 2.98. The van der Waals surface area contributed by atoms with E-state index in [9.17, 15) is 4.79 Å². The highest BCUT2D eigenvalue weighted by Crippen LogP contribution is 2.07. The van der Waals surface area contributed by atoms with Crippen LogP contribution >= 0.6 is 0 Å². The maximum Gasteiger partial charge on any atom is 0.305 e. The van der Waals surface area contributed by atoms with Crippen LogP contribution in [0, 0.1) is 0 Å². The predicted molar refractivity (Wildman–Crippen MR) is 42.3 cm³/mol. The van der Waals surface area contributed by atoms with Gasteiger partial charge in [-0.2, -0.15) is 0 Å². The van der Waals surface area contributed by atoms with Crippen molar-refractivity contribution in [3.63, 3.8) is 0 Å². The molecule has 0 aromatic rings. The fourth-order valence-electron chi connectivity index (χ4n) is 0.415. The van der Waals surface area contributed by atoms with Gasteiger partial charge in [-0.25, -0.2) is 0 Å². The van der Waals surface area contributed by atoms with Gasteiger partial charge in [0, 0.05) is 13.5 Å². The summed E-state index contributed by atoms with van der Waals surface area (Å²) in [6.07, 6.45) is 0.416. The Kier molecular flexibility index (Phi) is 4.11. The lowest BCUT2D eigenvalue weighted by atomic mass is 10.1. The summed E-state index contributed by atoms with van der Waals surface area (Å²) in [5.41, 5.74) is -0.370. The number of rotatable bonds is 4. The third-order valence-corrected chi connectivity index (χ3v) is 1.42. The van der Waals surface area contributed by atoms with Crippen molar-refractivity contribution in [3.8, 4) is 0 Å². The van der Waals surface area contributed by atoms with Crippen molar-refractivity contribution in [3.05, 3.63) is 0 Å². The smallest absolute Gasteiger partial charge is 0.305 e. The fraction of sp³-hybridized carbons (Fsp3) is 0.875. The normalized spacial score (nSPS) is 11.3. The lowest BCUT2D eigenvalue weighted by Crippen LogP contribution is -2.30. The van der Waals surface area contributed by atoms with E-state index in [4.69, 9.17) is 9.47 Å². The molecule has 0 aromatic carbocycles. The second kappa shape index (κ2) is 4.34. The van der Waals surface area contributed by atoms with Gasteiger partial charge in [0.1, 0.15) is 6.61 Å². The lowest BCUT2D eigenvalue weighted by molar-refractivity contribution is -0.150. The van der Waals surface area contributed by atoms with E-state index in [0.29, 0.717) is 13.0 Å². The van der Waals surface area contributed by atoms with Crippen LogP contribution in [0.25, 0.3) is 0 Å². The molecule has 0 aliphatic heterocycles. The first-order chi connectivity index (χ1) is 5.02. The van der Waals surface area contributed by atoms with Gasteiger partial charge in [-0.3, -0.25) is 4.79 Å². The standard InChI is InChI=1S/C8H16O3/c1-5-7(9)11-6-8(2,3)10-4/h5-6H2,1-4H3. The minimum atomic E-state index is -0.370. The molecule has 0 N–H and O–H groups in total. The molecule has 0 saturated heterocycles. The molecule has 3 nitrogen and oxygen atoms in total. The number of ether oxygens (including phenoxy) is 2. The van der Waals surface area contributed by atoms with Gasteiger partial charge in [0.15, 0.2) is 0 Å². The quantitative estimate of drug-likeness (QED) is 0.582. The number of hydrogen-bond donors (Lipinski definition) is 0. The molecule has 0 unspecified atom stereocenters. The van der Waals surface area contributed by atoms with Crippen molar-refractivity contribution < 1.29 is 14.3 Å². The molecule has 0 aliphatic carbocycles. The van der Waals surface area contributed by atoms with Gasteiger partial charge < -0.3 is 9.47 Å². The van der Waals surface area contributed by atoms with E-state index in [1.807, 2.05) is 13.8 Å². The van der Waals surface area contributed by atoms with Crippen LogP contribution in [0.3, 0.4) is 0 Å². The van der Waals surface area contributed by atoms with Crippen LogP contribution in [0.1, 0.15) is 27.2 Å². The van der Waals surface area contributed by atoms with Crippen LogP contribution in [-0.2, 0) is 14.3 Å².